The van der Waals surface area contributed by atoms with Crippen LogP contribution < -0.4 is 4.74 Å². The van der Waals surface area contributed by atoms with E-state index in [2.05, 4.69) is 13.8 Å². The van der Waals surface area contributed by atoms with Crippen molar-refractivity contribution in [2.75, 3.05) is 0 Å². The van der Waals surface area contributed by atoms with Crippen molar-refractivity contribution in [2.24, 2.45) is 0 Å². The van der Waals surface area contributed by atoms with E-state index in [1.165, 1.54) is 12.5 Å². The van der Waals surface area contributed by atoms with E-state index in [0.717, 1.165) is 40.8 Å². The molecule has 1 aliphatic heterocycles. The third-order valence-corrected chi connectivity index (χ3v) is 4.34. The molecule has 2 atom stereocenters. The second kappa shape index (κ2) is 6.06. The molecule has 2 unspecified atom stereocenters. The Balaban J connectivity index is 2.39. The number of benzene rings is 1. The van der Waals surface area contributed by atoms with Gasteiger partial charge < -0.3 is 14.6 Å². The van der Waals surface area contributed by atoms with Crippen LogP contribution in [0.4, 0.5) is 0 Å². The molecule has 21 heavy (non-hydrogen) atoms. The van der Waals surface area contributed by atoms with E-state index >= 15 is 0 Å². The van der Waals surface area contributed by atoms with E-state index in [9.17, 15) is 9.90 Å². The van der Waals surface area contributed by atoms with E-state index < -0.39 is 12.3 Å². The van der Waals surface area contributed by atoms with Gasteiger partial charge in [0, 0.05) is 13.3 Å². The molecule has 0 radical (unpaired) electrons. The predicted molar refractivity (Wildman–Crippen MR) is 80.5 cm³/mol. The van der Waals surface area contributed by atoms with Crippen LogP contribution in [0.25, 0.3) is 0 Å². The van der Waals surface area contributed by atoms with Crippen molar-refractivity contribution in [3.8, 4) is 5.75 Å². The van der Waals surface area contributed by atoms with Gasteiger partial charge in [-0.15, -0.1) is 0 Å². The molecule has 1 aromatic carbocycles. The van der Waals surface area contributed by atoms with E-state index in [0.29, 0.717) is 6.42 Å². The lowest BCUT2D eigenvalue weighted by atomic mass is 9.87. The number of carbonyl (C=O) groups is 1. The molecule has 0 saturated heterocycles. The molecule has 0 bridgehead atoms. The monoisotopic (exact) mass is 292 g/mol. The zero-order valence-corrected chi connectivity index (χ0v) is 13.4. The molecule has 0 amide bonds. The Labute approximate surface area is 126 Å². The Morgan fingerprint density at radius 2 is 2.00 bits per heavy atom. The third kappa shape index (κ3) is 3.21. The highest BCUT2D eigenvalue weighted by Crippen LogP contribution is 2.38. The topological polar surface area (TPSA) is 55.8 Å². The van der Waals surface area contributed by atoms with Crippen molar-refractivity contribution in [3.63, 3.8) is 0 Å². The molecule has 2 rings (SSSR count). The van der Waals surface area contributed by atoms with Crippen molar-refractivity contribution in [3.05, 3.63) is 27.8 Å². The van der Waals surface area contributed by atoms with Gasteiger partial charge in [-0.1, -0.05) is 0 Å². The van der Waals surface area contributed by atoms with Crippen molar-refractivity contribution in [1.29, 1.82) is 0 Å². The molecule has 116 valence electrons. The summed E-state index contributed by atoms with van der Waals surface area (Å²) in [6.07, 6.45) is 1.46. The van der Waals surface area contributed by atoms with Crippen molar-refractivity contribution in [2.45, 2.75) is 66.3 Å². The quantitative estimate of drug-likeness (QED) is 0.687. The summed E-state index contributed by atoms with van der Waals surface area (Å²) in [5.74, 6) is 0.527. The van der Waals surface area contributed by atoms with E-state index in [-0.39, 0.29) is 6.10 Å². The van der Waals surface area contributed by atoms with E-state index in [4.69, 9.17) is 9.47 Å². The van der Waals surface area contributed by atoms with Crippen LogP contribution in [0.15, 0.2) is 0 Å². The summed E-state index contributed by atoms with van der Waals surface area (Å²) < 4.78 is 10.9. The summed E-state index contributed by atoms with van der Waals surface area (Å²) in [6.45, 7) is 9.52. The van der Waals surface area contributed by atoms with Gasteiger partial charge in [-0.2, -0.15) is 0 Å². The summed E-state index contributed by atoms with van der Waals surface area (Å²) in [5.41, 5.74) is 5.64. The minimum Gasteiger partial charge on any atom is -0.490 e. The van der Waals surface area contributed by atoms with E-state index in [1.54, 1.807) is 0 Å². The highest BCUT2D eigenvalue weighted by molar-refractivity contribution is 5.66. The molecule has 0 fully saturated rings. The molecule has 1 aromatic rings. The number of fused-ring (bicyclic) bond motifs is 1. The smallest absolute Gasteiger partial charge is 0.304 e. The lowest BCUT2D eigenvalue weighted by molar-refractivity contribution is -0.164. The highest BCUT2D eigenvalue weighted by Gasteiger charge is 2.25. The average Bonchev–Trinajstić information content (AvgIpc) is 2.40. The SMILES string of the molecule is CC(=O)OC(O)Cc1c(C)c(C)c2c(c1C)CCC(C)O2. The summed E-state index contributed by atoms with van der Waals surface area (Å²) in [6, 6.07) is 0. The first-order valence-electron chi connectivity index (χ1n) is 7.44. The summed E-state index contributed by atoms with van der Waals surface area (Å²) in [7, 11) is 0. The zero-order valence-electron chi connectivity index (χ0n) is 13.4. The first-order chi connectivity index (χ1) is 9.81. The fraction of sp³-hybridized carbons (Fsp3) is 0.588. The van der Waals surface area contributed by atoms with Crippen LogP contribution in [0.3, 0.4) is 0 Å². The maximum atomic E-state index is 10.9. The van der Waals surface area contributed by atoms with Crippen molar-refractivity contribution >= 4 is 5.97 Å². The van der Waals surface area contributed by atoms with Crippen LogP contribution in [-0.2, 0) is 22.4 Å². The molecular weight excluding hydrogens is 268 g/mol. The van der Waals surface area contributed by atoms with Gasteiger partial charge in [0.1, 0.15) is 5.75 Å². The number of carbonyl (C=O) groups excluding carboxylic acids is 1. The Kier molecular flexibility index (Phi) is 4.57. The van der Waals surface area contributed by atoms with Gasteiger partial charge in [0.25, 0.3) is 0 Å². The fourth-order valence-corrected chi connectivity index (χ4v) is 3.04. The van der Waals surface area contributed by atoms with Crippen LogP contribution in [-0.4, -0.2) is 23.5 Å². The van der Waals surface area contributed by atoms with Gasteiger partial charge in [0.2, 0.25) is 6.29 Å². The summed E-state index contributed by atoms with van der Waals surface area (Å²) in [5, 5.41) is 9.88. The van der Waals surface area contributed by atoms with Crippen LogP contribution in [0.2, 0.25) is 0 Å². The normalized spacial score (nSPS) is 18.7. The minimum absolute atomic E-state index is 0.243. The average molecular weight is 292 g/mol. The Morgan fingerprint density at radius 3 is 2.62 bits per heavy atom. The van der Waals surface area contributed by atoms with Gasteiger partial charge in [0.15, 0.2) is 0 Å². The van der Waals surface area contributed by atoms with Crippen molar-refractivity contribution in [1.82, 2.24) is 0 Å². The second-order valence-corrected chi connectivity index (χ2v) is 5.90. The number of ether oxygens (including phenoxy) is 2. The van der Waals surface area contributed by atoms with Crippen LogP contribution in [0, 0.1) is 20.8 Å². The molecule has 0 saturated carbocycles. The Bertz CT molecular complexity index is 563. The van der Waals surface area contributed by atoms with Gasteiger partial charge in [-0.05, 0) is 68.4 Å². The third-order valence-electron chi connectivity index (χ3n) is 4.34. The molecule has 4 nitrogen and oxygen atoms in total. The van der Waals surface area contributed by atoms with Gasteiger partial charge >= 0.3 is 5.97 Å². The predicted octanol–water partition coefficient (Wildman–Crippen LogP) is 2.75. The van der Waals surface area contributed by atoms with Crippen LogP contribution in [0.1, 0.15) is 48.1 Å². The number of hydrogen-bond donors (Lipinski definition) is 1. The lowest BCUT2D eigenvalue weighted by Crippen LogP contribution is -2.24. The molecule has 0 aliphatic carbocycles. The highest BCUT2D eigenvalue weighted by atomic mass is 16.6. The molecular formula is C17H24O4. The lowest BCUT2D eigenvalue weighted by Gasteiger charge is -2.29. The van der Waals surface area contributed by atoms with Gasteiger partial charge in [-0.3, -0.25) is 4.79 Å². The Hall–Kier alpha value is -1.55. The maximum Gasteiger partial charge on any atom is 0.304 e. The minimum atomic E-state index is -1.10. The zero-order chi connectivity index (χ0) is 15.7. The standard InChI is InChI=1S/C17H24O4/c1-9-6-7-14-12(4)15(8-16(19)21-13(5)18)10(2)11(3)17(14)20-9/h9,16,19H,6-8H2,1-5H3. The molecule has 1 N–H and O–H groups in total. The Morgan fingerprint density at radius 1 is 1.33 bits per heavy atom. The number of hydrogen-bond acceptors (Lipinski definition) is 4. The van der Waals surface area contributed by atoms with Gasteiger partial charge in [0.05, 0.1) is 6.10 Å². The molecule has 1 aliphatic rings. The largest absolute Gasteiger partial charge is 0.490 e. The number of esters is 1. The number of aliphatic hydroxyl groups excluding tert-OH is 1. The fourth-order valence-electron chi connectivity index (χ4n) is 3.04. The summed E-state index contributed by atoms with van der Waals surface area (Å²) >= 11 is 0. The van der Waals surface area contributed by atoms with Crippen LogP contribution in [0.5, 0.6) is 5.75 Å². The van der Waals surface area contributed by atoms with Gasteiger partial charge in [-0.25, -0.2) is 0 Å². The summed E-state index contributed by atoms with van der Waals surface area (Å²) in [4.78, 5) is 10.9. The maximum absolute atomic E-state index is 10.9. The second-order valence-electron chi connectivity index (χ2n) is 5.90. The molecule has 0 spiro atoms. The number of rotatable bonds is 3. The first-order valence-corrected chi connectivity index (χ1v) is 7.44. The number of aliphatic hydroxyl groups is 1. The first kappa shape index (κ1) is 15.8. The van der Waals surface area contributed by atoms with Crippen LogP contribution >= 0.6 is 0 Å². The molecule has 0 aromatic heterocycles. The molecule has 1 heterocycles. The van der Waals surface area contributed by atoms with Crippen molar-refractivity contribution < 1.29 is 19.4 Å². The van der Waals surface area contributed by atoms with E-state index in [1.807, 2.05) is 13.8 Å². The molecule has 4 heteroatoms.